The van der Waals surface area contributed by atoms with Crippen LogP contribution < -0.4 is 0 Å². The molecule has 4 unspecified atom stereocenters. The maximum Gasteiger partial charge on any atom is 0.311 e. The minimum absolute atomic E-state index is 0.0308. The largest absolute Gasteiger partial charge is 0.507 e. The van der Waals surface area contributed by atoms with Gasteiger partial charge < -0.3 is 15.3 Å². The van der Waals surface area contributed by atoms with E-state index in [2.05, 4.69) is 17.9 Å². The van der Waals surface area contributed by atoms with Gasteiger partial charge in [-0.1, -0.05) is 31.9 Å². The Labute approximate surface area is 193 Å². The Hall–Kier alpha value is -1.22. The number of likely N-dealkylation sites (N-methyl/N-ethyl adjacent to an activating group) is 1. The topological polar surface area (TPSA) is 93.4 Å². The molecule has 4 atom stereocenters. The molecule has 0 bridgehead atoms. The molecule has 0 radical (unpaired) electrons. The molecule has 2 aliphatic heterocycles. The van der Waals surface area contributed by atoms with E-state index in [0.29, 0.717) is 5.75 Å². The van der Waals surface area contributed by atoms with Crippen molar-refractivity contribution in [3.8, 4) is 5.75 Å². The van der Waals surface area contributed by atoms with Gasteiger partial charge in [-0.15, -0.1) is 23.5 Å². The molecule has 1 fully saturated rings. The van der Waals surface area contributed by atoms with Crippen molar-refractivity contribution in [2.24, 2.45) is 10.4 Å². The van der Waals surface area contributed by atoms with Crippen LogP contribution >= 0.6 is 23.5 Å². The molecule has 1 aromatic carbocycles. The van der Waals surface area contributed by atoms with E-state index in [-0.39, 0.29) is 23.2 Å². The molecule has 0 aliphatic carbocycles. The number of carboxylic acid groups (broad SMARTS) is 1. The van der Waals surface area contributed by atoms with Crippen molar-refractivity contribution >= 4 is 34.5 Å². The Morgan fingerprint density at radius 1 is 1.32 bits per heavy atom. The zero-order valence-corrected chi connectivity index (χ0v) is 20.4. The molecule has 6 nitrogen and oxygen atoms in total. The average molecular weight is 467 g/mol. The minimum atomic E-state index is -1.21. The van der Waals surface area contributed by atoms with E-state index in [1.807, 2.05) is 13.1 Å². The van der Waals surface area contributed by atoms with Crippen molar-refractivity contribution in [3.05, 3.63) is 29.3 Å². The van der Waals surface area contributed by atoms with E-state index in [1.165, 1.54) is 0 Å². The van der Waals surface area contributed by atoms with Crippen LogP contribution in [0.3, 0.4) is 0 Å². The van der Waals surface area contributed by atoms with E-state index in [0.717, 1.165) is 47.6 Å². The van der Waals surface area contributed by atoms with E-state index in [9.17, 15) is 20.1 Å². The molecule has 31 heavy (non-hydrogen) atoms. The van der Waals surface area contributed by atoms with Crippen molar-refractivity contribution in [1.82, 2.24) is 4.90 Å². The van der Waals surface area contributed by atoms with Gasteiger partial charge in [0.2, 0.25) is 0 Å². The highest BCUT2D eigenvalue weighted by Crippen LogP contribution is 2.41. The Morgan fingerprint density at radius 2 is 2.06 bits per heavy atom. The van der Waals surface area contributed by atoms with Crippen LogP contribution in [-0.4, -0.2) is 73.3 Å². The summed E-state index contributed by atoms with van der Waals surface area (Å²) < 4.78 is 0. The summed E-state index contributed by atoms with van der Waals surface area (Å²) in [5.74, 6) is 0.772. The molecule has 3 rings (SSSR count). The molecule has 1 saturated heterocycles. The van der Waals surface area contributed by atoms with Gasteiger partial charge in [-0.25, -0.2) is 0 Å². The number of aliphatic hydroxyl groups excluding tert-OH is 1. The summed E-state index contributed by atoms with van der Waals surface area (Å²) in [7, 11) is 1.95. The number of thioether (sulfide) groups is 2. The highest BCUT2D eigenvalue weighted by atomic mass is 32.2. The van der Waals surface area contributed by atoms with Gasteiger partial charge in [-0.2, -0.15) is 0 Å². The fraction of sp³-hybridized carbons (Fsp3) is 0.652. The lowest BCUT2D eigenvalue weighted by atomic mass is 9.82. The molecule has 8 heteroatoms. The van der Waals surface area contributed by atoms with Crippen LogP contribution in [0.5, 0.6) is 5.75 Å². The van der Waals surface area contributed by atoms with Crippen molar-refractivity contribution in [1.29, 1.82) is 0 Å². The maximum absolute atomic E-state index is 11.6. The Bertz CT molecular complexity index is 830. The first-order valence-corrected chi connectivity index (χ1v) is 13.0. The number of aromatic hydroxyl groups is 1. The Kier molecular flexibility index (Phi) is 8.00. The lowest BCUT2D eigenvalue weighted by Crippen LogP contribution is -2.52. The Morgan fingerprint density at radius 3 is 2.74 bits per heavy atom. The van der Waals surface area contributed by atoms with Crippen molar-refractivity contribution in [2.45, 2.75) is 70.0 Å². The number of phenols is 1. The molecule has 2 heterocycles. The van der Waals surface area contributed by atoms with Gasteiger partial charge in [0, 0.05) is 17.5 Å². The number of rotatable bonds is 9. The van der Waals surface area contributed by atoms with Gasteiger partial charge in [-0.3, -0.25) is 14.7 Å². The lowest BCUT2D eigenvalue weighted by Gasteiger charge is -2.35. The molecular weight excluding hydrogens is 432 g/mol. The van der Waals surface area contributed by atoms with Gasteiger partial charge in [0.1, 0.15) is 10.8 Å². The van der Waals surface area contributed by atoms with Crippen LogP contribution in [0.4, 0.5) is 0 Å². The van der Waals surface area contributed by atoms with Gasteiger partial charge in [0.15, 0.2) is 0 Å². The zero-order valence-electron chi connectivity index (χ0n) is 18.7. The number of aliphatic imine (C=N–C) groups is 1. The predicted octanol–water partition coefficient (Wildman–Crippen LogP) is 3.83. The summed E-state index contributed by atoms with van der Waals surface area (Å²) in [5.41, 5.74) is 0.792. The molecule has 3 N–H and O–H groups in total. The number of hydrogen-bond donors (Lipinski definition) is 3. The first-order valence-electron chi connectivity index (χ1n) is 10.9. The zero-order chi connectivity index (χ0) is 22.8. The van der Waals surface area contributed by atoms with Gasteiger partial charge in [0.05, 0.1) is 28.5 Å². The predicted molar refractivity (Wildman–Crippen MR) is 129 cm³/mol. The number of carbonyl (C=O) groups is 1. The van der Waals surface area contributed by atoms with Crippen molar-refractivity contribution < 1.29 is 20.1 Å². The standard InChI is InChI=1S/C23H34N2O4S2/c1-5-6-7-9-14-10-8-11-17(26)18(14)20-24-15(12-30-20)21-25(4)16(13-31-21)19(27)23(2,3)22(28)29/h8,10-11,15-16,19,21,26-27H,5-7,9,12-13H2,1-4H3,(H,28,29). The summed E-state index contributed by atoms with van der Waals surface area (Å²) >= 11 is 3.40. The third kappa shape index (κ3) is 5.07. The molecule has 1 aromatic rings. The Balaban J connectivity index is 1.76. The van der Waals surface area contributed by atoms with E-state index < -0.39 is 17.5 Å². The number of nitrogens with zero attached hydrogens (tertiary/aromatic N) is 2. The van der Waals surface area contributed by atoms with E-state index >= 15 is 0 Å². The molecule has 0 saturated carbocycles. The van der Waals surface area contributed by atoms with Crippen LogP contribution in [0.15, 0.2) is 23.2 Å². The second-order valence-electron chi connectivity index (χ2n) is 9.01. The maximum atomic E-state index is 11.6. The summed E-state index contributed by atoms with van der Waals surface area (Å²) in [6.07, 6.45) is 3.38. The fourth-order valence-corrected chi connectivity index (χ4v) is 7.08. The molecule has 0 amide bonds. The molecular formula is C23H34N2O4S2. The van der Waals surface area contributed by atoms with E-state index in [1.54, 1.807) is 43.4 Å². The summed E-state index contributed by atoms with van der Waals surface area (Å²) in [5, 5.41) is 31.8. The SMILES string of the molecule is CCCCCc1cccc(O)c1C1=NC(C2SCC(C(O)C(C)(C)C(=O)O)N2C)CS1. The number of aliphatic hydroxyl groups is 1. The second-order valence-corrected chi connectivity index (χ2v) is 11.2. The molecule has 172 valence electrons. The summed E-state index contributed by atoms with van der Waals surface area (Å²) in [4.78, 5) is 18.7. The monoisotopic (exact) mass is 466 g/mol. The first kappa shape index (κ1) is 24.4. The number of hydrogen-bond acceptors (Lipinski definition) is 7. The molecule has 0 aromatic heterocycles. The van der Waals surface area contributed by atoms with Crippen LogP contribution in [0.2, 0.25) is 0 Å². The second kappa shape index (κ2) is 10.1. The van der Waals surface area contributed by atoms with Gasteiger partial charge >= 0.3 is 5.97 Å². The van der Waals surface area contributed by atoms with Crippen molar-refractivity contribution in [3.63, 3.8) is 0 Å². The summed E-state index contributed by atoms with van der Waals surface area (Å²) in [6, 6.07) is 5.50. The van der Waals surface area contributed by atoms with Crippen molar-refractivity contribution in [2.75, 3.05) is 18.6 Å². The first-order chi connectivity index (χ1) is 14.7. The van der Waals surface area contributed by atoms with Gasteiger partial charge in [-0.05, 0) is 45.4 Å². The average Bonchev–Trinajstić information content (AvgIpc) is 3.34. The van der Waals surface area contributed by atoms with Gasteiger partial charge in [0.25, 0.3) is 0 Å². The third-order valence-corrected chi connectivity index (χ3v) is 9.03. The quantitative estimate of drug-likeness (QED) is 0.476. The van der Waals surface area contributed by atoms with Crippen LogP contribution in [0.25, 0.3) is 0 Å². The van der Waals surface area contributed by atoms with Crippen LogP contribution in [-0.2, 0) is 11.2 Å². The fourth-order valence-electron chi connectivity index (χ4n) is 4.20. The number of benzene rings is 1. The number of unbranched alkanes of at least 4 members (excludes halogenated alkanes) is 2. The van der Waals surface area contributed by atoms with Crippen LogP contribution in [0, 0.1) is 5.41 Å². The molecule has 0 spiro atoms. The van der Waals surface area contributed by atoms with E-state index in [4.69, 9.17) is 4.99 Å². The normalized spacial score (nSPS) is 25.6. The highest BCUT2D eigenvalue weighted by Gasteiger charge is 2.48. The smallest absolute Gasteiger partial charge is 0.311 e. The number of phenolic OH excluding ortho intramolecular Hbond substituents is 1. The number of aryl methyl sites for hydroxylation is 1. The lowest BCUT2D eigenvalue weighted by molar-refractivity contribution is -0.155. The highest BCUT2D eigenvalue weighted by molar-refractivity contribution is 8.14. The van der Waals surface area contributed by atoms with Crippen LogP contribution in [0.1, 0.15) is 51.2 Å². The number of aliphatic carboxylic acids is 1. The minimum Gasteiger partial charge on any atom is -0.507 e. The number of carboxylic acids is 1. The molecule has 2 aliphatic rings. The third-order valence-electron chi connectivity index (χ3n) is 6.41. The summed E-state index contributed by atoms with van der Waals surface area (Å²) in [6.45, 7) is 5.33.